The molecule has 23 heavy (non-hydrogen) atoms. The lowest BCUT2D eigenvalue weighted by atomic mass is 10.1. The van der Waals surface area contributed by atoms with Crippen molar-refractivity contribution in [1.29, 1.82) is 0 Å². The van der Waals surface area contributed by atoms with Gasteiger partial charge in [-0.25, -0.2) is 0 Å². The van der Waals surface area contributed by atoms with Gasteiger partial charge >= 0.3 is 0 Å². The van der Waals surface area contributed by atoms with Gasteiger partial charge in [0.2, 0.25) is 11.8 Å². The number of H-pyrrole nitrogens is 1. The molecule has 0 spiro atoms. The van der Waals surface area contributed by atoms with Gasteiger partial charge in [0.15, 0.2) is 0 Å². The van der Waals surface area contributed by atoms with Crippen LogP contribution < -0.4 is 5.32 Å². The molecule has 1 aliphatic heterocycles. The molecule has 0 radical (unpaired) electrons. The van der Waals surface area contributed by atoms with Gasteiger partial charge in [-0.2, -0.15) is 0 Å². The van der Waals surface area contributed by atoms with E-state index >= 15 is 0 Å². The number of benzene rings is 1. The number of fused-ring (bicyclic) bond motifs is 1. The Hall–Kier alpha value is -2.30. The van der Waals surface area contributed by atoms with E-state index in [1.165, 1.54) is 0 Å². The van der Waals surface area contributed by atoms with E-state index in [1.807, 2.05) is 30.5 Å². The first-order valence-corrected chi connectivity index (χ1v) is 8.37. The molecular weight excluding hydrogens is 290 g/mol. The first-order chi connectivity index (χ1) is 11.2. The number of likely N-dealkylation sites (tertiary alicyclic amines) is 1. The fourth-order valence-corrected chi connectivity index (χ4v) is 3.41. The summed E-state index contributed by atoms with van der Waals surface area (Å²) in [5.74, 6) is 0.0699. The summed E-state index contributed by atoms with van der Waals surface area (Å²) in [7, 11) is 0. The lowest BCUT2D eigenvalue weighted by Crippen LogP contribution is -2.47. The minimum Gasteiger partial charge on any atom is -0.361 e. The van der Waals surface area contributed by atoms with Crippen LogP contribution in [0.15, 0.2) is 30.5 Å². The third-order valence-corrected chi connectivity index (χ3v) is 4.82. The highest BCUT2D eigenvalue weighted by Gasteiger charge is 2.36. The Balaban J connectivity index is 1.48. The largest absolute Gasteiger partial charge is 0.361 e. The average molecular weight is 311 g/mol. The van der Waals surface area contributed by atoms with Gasteiger partial charge in [0.1, 0.15) is 6.04 Å². The summed E-state index contributed by atoms with van der Waals surface area (Å²) in [6, 6.07) is 8.04. The molecule has 120 valence electrons. The molecule has 1 saturated heterocycles. The van der Waals surface area contributed by atoms with Crippen LogP contribution in [0.1, 0.15) is 31.2 Å². The van der Waals surface area contributed by atoms with E-state index in [-0.39, 0.29) is 17.9 Å². The van der Waals surface area contributed by atoms with Crippen LogP contribution in [0.25, 0.3) is 10.9 Å². The first kappa shape index (κ1) is 14.3. The Morgan fingerprint density at radius 2 is 2.04 bits per heavy atom. The van der Waals surface area contributed by atoms with Crippen LogP contribution in [0.4, 0.5) is 0 Å². The number of nitrogens with one attached hydrogen (secondary N) is 2. The van der Waals surface area contributed by atoms with Gasteiger partial charge in [0.05, 0.1) is 6.42 Å². The number of carbonyl (C=O) groups is 2. The van der Waals surface area contributed by atoms with E-state index in [2.05, 4.69) is 10.3 Å². The van der Waals surface area contributed by atoms with Crippen molar-refractivity contribution >= 4 is 22.7 Å². The van der Waals surface area contributed by atoms with Gasteiger partial charge in [-0.15, -0.1) is 0 Å². The van der Waals surface area contributed by atoms with Crippen molar-refractivity contribution < 1.29 is 9.59 Å². The second kappa shape index (κ2) is 5.72. The normalized spacial score (nSPS) is 20.9. The quantitative estimate of drug-likeness (QED) is 0.907. The molecule has 2 fully saturated rings. The number of para-hydroxylation sites is 1. The number of aromatic nitrogens is 1. The molecule has 2 amide bonds. The van der Waals surface area contributed by atoms with E-state index in [1.54, 1.807) is 4.90 Å². The molecule has 5 heteroatoms. The lowest BCUT2D eigenvalue weighted by molar-refractivity contribution is -0.138. The maximum absolute atomic E-state index is 12.7. The second-order valence-corrected chi connectivity index (χ2v) is 6.56. The monoisotopic (exact) mass is 311 g/mol. The highest BCUT2D eigenvalue weighted by molar-refractivity contribution is 5.92. The van der Waals surface area contributed by atoms with Gasteiger partial charge in [-0.05, 0) is 37.3 Å². The minimum absolute atomic E-state index is 0.0253. The van der Waals surface area contributed by atoms with Crippen LogP contribution in [0.5, 0.6) is 0 Å². The SMILES string of the molecule is O=C(NC1CC1)C1CCCN1C(=O)Cc1c[nH]c2ccccc12. The molecule has 2 heterocycles. The summed E-state index contributed by atoms with van der Waals surface area (Å²) in [6.45, 7) is 0.684. The number of hydrogen-bond acceptors (Lipinski definition) is 2. The molecule has 4 rings (SSSR count). The highest BCUT2D eigenvalue weighted by atomic mass is 16.2. The van der Waals surface area contributed by atoms with Crippen LogP contribution in [-0.4, -0.2) is 40.3 Å². The maximum Gasteiger partial charge on any atom is 0.243 e. The van der Waals surface area contributed by atoms with E-state index in [9.17, 15) is 9.59 Å². The van der Waals surface area contributed by atoms with Gasteiger partial charge in [0.25, 0.3) is 0 Å². The van der Waals surface area contributed by atoms with Crippen LogP contribution in [0.2, 0.25) is 0 Å². The molecule has 2 aliphatic rings. The molecule has 1 aromatic heterocycles. The molecule has 1 unspecified atom stereocenters. The Morgan fingerprint density at radius 1 is 1.22 bits per heavy atom. The Kier molecular flexibility index (Phi) is 3.56. The molecule has 2 aromatic rings. The molecule has 1 saturated carbocycles. The molecular formula is C18H21N3O2. The van der Waals surface area contributed by atoms with Gasteiger partial charge in [-0.1, -0.05) is 18.2 Å². The van der Waals surface area contributed by atoms with Crippen molar-refractivity contribution in [3.63, 3.8) is 0 Å². The summed E-state index contributed by atoms with van der Waals surface area (Å²) in [5.41, 5.74) is 2.04. The van der Waals surface area contributed by atoms with Crippen LogP contribution >= 0.6 is 0 Å². The fourth-order valence-electron chi connectivity index (χ4n) is 3.41. The third-order valence-electron chi connectivity index (χ3n) is 4.82. The van der Waals surface area contributed by atoms with E-state index in [0.717, 1.165) is 42.1 Å². The number of aromatic amines is 1. The summed E-state index contributed by atoms with van der Waals surface area (Å²) in [4.78, 5) is 30.0. The van der Waals surface area contributed by atoms with Crippen molar-refractivity contribution in [3.8, 4) is 0 Å². The number of rotatable bonds is 4. The fraction of sp³-hybridized carbons (Fsp3) is 0.444. The van der Waals surface area contributed by atoms with Gasteiger partial charge in [-0.3, -0.25) is 9.59 Å². The van der Waals surface area contributed by atoms with E-state index in [4.69, 9.17) is 0 Å². The number of amides is 2. The molecule has 1 aromatic carbocycles. The summed E-state index contributed by atoms with van der Waals surface area (Å²) in [6.07, 6.45) is 6.07. The van der Waals surface area contributed by atoms with Crippen molar-refractivity contribution in [3.05, 3.63) is 36.0 Å². The van der Waals surface area contributed by atoms with Crippen LogP contribution in [-0.2, 0) is 16.0 Å². The third kappa shape index (κ3) is 2.83. The molecule has 1 aliphatic carbocycles. The average Bonchev–Trinajstić information content (AvgIpc) is 3.09. The van der Waals surface area contributed by atoms with Crippen LogP contribution in [0, 0.1) is 0 Å². The van der Waals surface area contributed by atoms with Gasteiger partial charge < -0.3 is 15.2 Å². The standard InChI is InChI=1S/C18H21N3O2/c22-17(10-12-11-19-15-5-2-1-4-14(12)15)21-9-3-6-16(21)18(23)20-13-7-8-13/h1-2,4-5,11,13,16,19H,3,6-10H2,(H,20,23). The minimum atomic E-state index is -0.284. The van der Waals surface area contributed by atoms with Crippen molar-refractivity contribution in [1.82, 2.24) is 15.2 Å². The van der Waals surface area contributed by atoms with Gasteiger partial charge in [0, 0.05) is 29.7 Å². The first-order valence-electron chi connectivity index (χ1n) is 8.37. The topological polar surface area (TPSA) is 65.2 Å². The van der Waals surface area contributed by atoms with E-state index in [0.29, 0.717) is 19.0 Å². The van der Waals surface area contributed by atoms with Crippen molar-refractivity contribution in [2.45, 2.75) is 44.2 Å². The van der Waals surface area contributed by atoms with E-state index < -0.39 is 0 Å². The number of hydrogen-bond donors (Lipinski definition) is 2. The maximum atomic E-state index is 12.7. The van der Waals surface area contributed by atoms with Crippen molar-refractivity contribution in [2.75, 3.05) is 6.54 Å². The highest BCUT2D eigenvalue weighted by Crippen LogP contribution is 2.24. The lowest BCUT2D eigenvalue weighted by Gasteiger charge is -2.24. The van der Waals surface area contributed by atoms with Crippen LogP contribution in [0.3, 0.4) is 0 Å². The molecule has 2 N–H and O–H groups in total. The Labute approximate surface area is 135 Å². The zero-order chi connectivity index (χ0) is 15.8. The predicted octanol–water partition coefficient (Wildman–Crippen LogP) is 1.98. The summed E-state index contributed by atoms with van der Waals surface area (Å²) in [5, 5.41) is 4.11. The summed E-state index contributed by atoms with van der Waals surface area (Å²) >= 11 is 0. The Bertz CT molecular complexity index is 748. The zero-order valence-corrected chi connectivity index (χ0v) is 13.0. The number of nitrogens with zero attached hydrogens (tertiary/aromatic N) is 1. The second-order valence-electron chi connectivity index (χ2n) is 6.56. The molecule has 5 nitrogen and oxygen atoms in total. The zero-order valence-electron chi connectivity index (χ0n) is 13.0. The van der Waals surface area contributed by atoms with Crippen molar-refractivity contribution in [2.24, 2.45) is 0 Å². The number of carbonyl (C=O) groups excluding carboxylic acids is 2. The molecule has 1 atom stereocenters. The molecule has 0 bridgehead atoms. The Morgan fingerprint density at radius 3 is 2.87 bits per heavy atom. The summed E-state index contributed by atoms with van der Waals surface area (Å²) < 4.78 is 0. The smallest absolute Gasteiger partial charge is 0.243 e. The predicted molar refractivity (Wildman–Crippen MR) is 87.9 cm³/mol.